The molecule has 1 saturated heterocycles. The van der Waals surface area contributed by atoms with Crippen molar-refractivity contribution in [3.63, 3.8) is 0 Å². The Labute approximate surface area is 127 Å². The third kappa shape index (κ3) is 6.46. The van der Waals surface area contributed by atoms with E-state index in [1.165, 1.54) is 0 Å². The van der Waals surface area contributed by atoms with Crippen molar-refractivity contribution in [2.75, 3.05) is 0 Å². The van der Waals surface area contributed by atoms with Gasteiger partial charge in [-0.1, -0.05) is 13.8 Å². The SMILES string of the molecule is CC(C)(CC(=O)O)CC(=O)NC1CC(C)(C)NC(C)(C)C1. The second kappa shape index (κ2) is 5.95. The average Bonchev–Trinajstić information content (AvgIpc) is 2.05. The van der Waals surface area contributed by atoms with Crippen molar-refractivity contribution in [3.8, 4) is 0 Å². The van der Waals surface area contributed by atoms with Crippen LogP contribution in [0.2, 0.25) is 0 Å². The van der Waals surface area contributed by atoms with Gasteiger partial charge in [0.2, 0.25) is 5.91 Å². The minimum absolute atomic E-state index is 0.00360. The summed E-state index contributed by atoms with van der Waals surface area (Å²) >= 11 is 0. The molecule has 0 aliphatic carbocycles. The molecule has 0 bridgehead atoms. The smallest absolute Gasteiger partial charge is 0.303 e. The van der Waals surface area contributed by atoms with Gasteiger partial charge in [-0.25, -0.2) is 0 Å². The van der Waals surface area contributed by atoms with Gasteiger partial charge >= 0.3 is 5.97 Å². The lowest BCUT2D eigenvalue weighted by atomic mass is 9.79. The van der Waals surface area contributed by atoms with E-state index in [1.807, 2.05) is 13.8 Å². The molecule has 122 valence electrons. The van der Waals surface area contributed by atoms with Crippen molar-refractivity contribution in [1.29, 1.82) is 0 Å². The number of rotatable bonds is 5. The molecule has 21 heavy (non-hydrogen) atoms. The summed E-state index contributed by atoms with van der Waals surface area (Å²) in [5.74, 6) is -0.920. The molecule has 1 heterocycles. The van der Waals surface area contributed by atoms with E-state index in [4.69, 9.17) is 5.11 Å². The Hall–Kier alpha value is -1.10. The van der Waals surface area contributed by atoms with Crippen LogP contribution in [0.3, 0.4) is 0 Å². The normalized spacial score (nSPS) is 21.8. The van der Waals surface area contributed by atoms with E-state index < -0.39 is 11.4 Å². The number of hydrogen-bond donors (Lipinski definition) is 3. The number of carboxylic acids is 1. The second-order valence-electron chi connectivity index (χ2n) is 8.48. The first kappa shape index (κ1) is 18.0. The monoisotopic (exact) mass is 298 g/mol. The first-order valence-corrected chi connectivity index (χ1v) is 7.61. The van der Waals surface area contributed by atoms with Gasteiger partial charge in [-0.15, -0.1) is 0 Å². The largest absolute Gasteiger partial charge is 0.481 e. The third-order valence-electron chi connectivity index (χ3n) is 3.82. The van der Waals surface area contributed by atoms with E-state index in [1.54, 1.807) is 0 Å². The highest BCUT2D eigenvalue weighted by Crippen LogP contribution is 2.29. The van der Waals surface area contributed by atoms with E-state index in [0.29, 0.717) is 0 Å². The first-order chi connectivity index (χ1) is 9.30. The Balaban J connectivity index is 2.60. The highest BCUT2D eigenvalue weighted by molar-refractivity contribution is 5.78. The van der Waals surface area contributed by atoms with Crippen LogP contribution < -0.4 is 10.6 Å². The van der Waals surface area contributed by atoms with Crippen molar-refractivity contribution in [2.24, 2.45) is 5.41 Å². The van der Waals surface area contributed by atoms with Gasteiger partial charge in [0.25, 0.3) is 0 Å². The highest BCUT2D eigenvalue weighted by atomic mass is 16.4. The molecule has 1 amide bonds. The van der Waals surface area contributed by atoms with Gasteiger partial charge in [-0.3, -0.25) is 9.59 Å². The maximum atomic E-state index is 12.2. The summed E-state index contributed by atoms with van der Waals surface area (Å²) in [7, 11) is 0. The summed E-state index contributed by atoms with van der Waals surface area (Å²) in [5, 5.41) is 15.5. The topological polar surface area (TPSA) is 78.4 Å². The lowest BCUT2D eigenvalue weighted by molar-refractivity contribution is -0.139. The Morgan fingerprint density at radius 3 is 2.05 bits per heavy atom. The van der Waals surface area contributed by atoms with Gasteiger partial charge < -0.3 is 15.7 Å². The minimum Gasteiger partial charge on any atom is -0.481 e. The Kier molecular flexibility index (Phi) is 5.09. The van der Waals surface area contributed by atoms with Gasteiger partial charge in [-0.05, 0) is 46.0 Å². The van der Waals surface area contributed by atoms with Crippen LogP contribution in [0.25, 0.3) is 0 Å². The lowest BCUT2D eigenvalue weighted by Gasteiger charge is -2.46. The molecule has 0 radical (unpaired) electrons. The third-order valence-corrected chi connectivity index (χ3v) is 3.82. The van der Waals surface area contributed by atoms with Crippen LogP contribution in [0.15, 0.2) is 0 Å². The van der Waals surface area contributed by atoms with Crippen molar-refractivity contribution < 1.29 is 14.7 Å². The molecule has 1 aliphatic heterocycles. The fourth-order valence-corrected chi connectivity index (χ4v) is 3.61. The maximum absolute atomic E-state index is 12.2. The van der Waals surface area contributed by atoms with Gasteiger partial charge in [0.1, 0.15) is 0 Å². The van der Waals surface area contributed by atoms with Crippen molar-refractivity contribution in [2.45, 2.75) is 84.3 Å². The molecule has 5 heteroatoms. The summed E-state index contributed by atoms with van der Waals surface area (Å²) in [6.45, 7) is 12.2. The molecule has 5 nitrogen and oxygen atoms in total. The van der Waals surface area contributed by atoms with E-state index >= 15 is 0 Å². The van der Waals surface area contributed by atoms with Crippen LogP contribution >= 0.6 is 0 Å². The predicted octanol–water partition coefficient (Wildman–Crippen LogP) is 2.30. The molecule has 1 fully saturated rings. The Morgan fingerprint density at radius 1 is 1.14 bits per heavy atom. The number of carboxylic acid groups (broad SMARTS) is 1. The quantitative estimate of drug-likeness (QED) is 0.728. The standard InChI is InChI=1S/C16H30N2O3/c1-14(2,10-13(20)21)9-12(19)17-11-7-15(3,4)18-16(5,6)8-11/h11,18H,7-10H2,1-6H3,(H,17,19)(H,20,21). The highest BCUT2D eigenvalue weighted by Gasteiger charge is 2.38. The number of amides is 1. The fourth-order valence-electron chi connectivity index (χ4n) is 3.61. The van der Waals surface area contributed by atoms with E-state index in [9.17, 15) is 9.59 Å². The summed E-state index contributed by atoms with van der Waals surface area (Å²) in [5.41, 5.74) is -0.555. The molecule has 0 unspecified atom stereocenters. The average molecular weight is 298 g/mol. The number of hydrogen-bond acceptors (Lipinski definition) is 3. The Morgan fingerprint density at radius 2 is 1.62 bits per heavy atom. The molecule has 3 N–H and O–H groups in total. The summed E-state index contributed by atoms with van der Waals surface area (Å²) in [4.78, 5) is 23.0. The van der Waals surface area contributed by atoms with Crippen LogP contribution in [-0.4, -0.2) is 34.1 Å². The molecular weight excluding hydrogens is 268 g/mol. The maximum Gasteiger partial charge on any atom is 0.303 e. The van der Waals surface area contributed by atoms with E-state index in [2.05, 4.69) is 38.3 Å². The van der Waals surface area contributed by atoms with Gasteiger partial charge in [0.05, 0.1) is 6.42 Å². The first-order valence-electron chi connectivity index (χ1n) is 7.61. The van der Waals surface area contributed by atoms with Crippen molar-refractivity contribution >= 4 is 11.9 Å². The molecule has 0 atom stereocenters. The fraction of sp³-hybridized carbons (Fsp3) is 0.875. The molecule has 0 aromatic carbocycles. The summed E-state index contributed by atoms with van der Waals surface area (Å²) in [6, 6.07) is 0.129. The van der Waals surface area contributed by atoms with Gasteiger partial charge in [0.15, 0.2) is 0 Å². The van der Waals surface area contributed by atoms with Crippen molar-refractivity contribution in [1.82, 2.24) is 10.6 Å². The molecular formula is C16H30N2O3. The van der Waals surface area contributed by atoms with E-state index in [0.717, 1.165) is 12.8 Å². The summed E-state index contributed by atoms with van der Waals surface area (Å²) in [6.07, 6.45) is 2.00. The van der Waals surface area contributed by atoms with Gasteiger partial charge in [0, 0.05) is 23.5 Å². The number of carbonyl (C=O) groups is 2. The van der Waals surface area contributed by atoms with Crippen LogP contribution in [0.5, 0.6) is 0 Å². The second-order valence-corrected chi connectivity index (χ2v) is 8.48. The molecule has 0 spiro atoms. The van der Waals surface area contributed by atoms with Crippen molar-refractivity contribution in [3.05, 3.63) is 0 Å². The number of nitrogens with one attached hydrogen (secondary N) is 2. The van der Waals surface area contributed by atoms with Gasteiger partial charge in [-0.2, -0.15) is 0 Å². The van der Waals surface area contributed by atoms with Crippen LogP contribution in [-0.2, 0) is 9.59 Å². The molecule has 1 aliphatic rings. The molecule has 0 aromatic heterocycles. The van der Waals surface area contributed by atoms with Crippen LogP contribution in [0, 0.1) is 5.41 Å². The predicted molar refractivity (Wildman–Crippen MR) is 83.1 cm³/mol. The van der Waals surface area contributed by atoms with E-state index in [-0.39, 0.29) is 35.9 Å². The molecule has 0 aromatic rings. The minimum atomic E-state index is -0.864. The van der Waals surface area contributed by atoms with Crippen LogP contribution in [0.4, 0.5) is 0 Å². The Bertz CT molecular complexity index is 398. The number of piperidine rings is 1. The van der Waals surface area contributed by atoms with Crippen LogP contribution in [0.1, 0.15) is 67.2 Å². The summed E-state index contributed by atoms with van der Waals surface area (Å²) < 4.78 is 0. The lowest BCUT2D eigenvalue weighted by Crippen LogP contribution is -2.62. The molecule has 0 saturated carbocycles. The molecule has 1 rings (SSSR count). The number of carbonyl (C=O) groups excluding carboxylic acids is 1. The zero-order valence-electron chi connectivity index (χ0n) is 14.2. The zero-order chi connectivity index (χ0) is 16.5. The zero-order valence-corrected chi connectivity index (χ0v) is 14.2. The number of aliphatic carboxylic acids is 1.